The Morgan fingerprint density at radius 2 is 1.83 bits per heavy atom. The number of hydrazine groups is 2. The largest absolute Gasteiger partial charge is 0.319 e. The molecule has 0 radical (unpaired) electrons. The second-order valence-corrected chi connectivity index (χ2v) is 3.79. The lowest BCUT2D eigenvalue weighted by atomic mass is 11.5. The van der Waals surface area contributed by atoms with Crippen molar-refractivity contribution in [2.24, 2.45) is 41.0 Å². The molecule has 14 N–H and O–H groups in total. The quantitative estimate of drug-likeness (QED) is 0.0770. The highest BCUT2D eigenvalue weighted by molar-refractivity contribution is 14.1. The molecule has 0 saturated carbocycles. The third-order valence-electron chi connectivity index (χ3n) is 1.63. The fraction of sp³-hybridized carbons (Fsp3) is 1.00. The van der Waals surface area contributed by atoms with Gasteiger partial charge in [-0.2, -0.15) is 15.0 Å². The van der Waals surface area contributed by atoms with Gasteiger partial charge in [-0.05, 0) is 9.88 Å². The van der Waals surface area contributed by atoms with E-state index in [-0.39, 0.29) is 10.7 Å². The zero-order chi connectivity index (χ0) is 18.6. The molecule has 0 amide bonds. The van der Waals surface area contributed by atoms with Gasteiger partial charge in [-0.3, -0.25) is 0 Å². The van der Waals surface area contributed by atoms with Gasteiger partial charge in [0.1, 0.15) is 23.0 Å². The maximum absolute atomic E-state index is 5.56. The van der Waals surface area contributed by atoms with Crippen LogP contribution in [0.2, 0.25) is 0 Å². The number of hydrogen-bond acceptors (Lipinski definition) is 19. The number of hydroxylamine groups is 2. The summed E-state index contributed by atoms with van der Waals surface area (Å²) >= 11 is 1.30. The molecule has 3 atom stereocenters. The van der Waals surface area contributed by atoms with Crippen LogP contribution in [0, 0.1) is 0 Å². The molecule has 22 nitrogen and oxygen atoms in total. The summed E-state index contributed by atoms with van der Waals surface area (Å²) in [5, 5.41) is -5.44. The third kappa shape index (κ3) is 6.29. The average Bonchev–Trinajstić information content (AvgIpc) is 2.44. The van der Waals surface area contributed by atoms with Crippen molar-refractivity contribution in [1.29, 1.82) is 0 Å². The minimum atomic E-state index is -2.10. The van der Waals surface area contributed by atoms with Crippen molar-refractivity contribution in [3.63, 3.8) is 0 Å². The molecular weight excluding hydrogens is 465 g/mol. The fourth-order valence-corrected chi connectivity index (χ4v) is 1.08. The van der Waals surface area contributed by atoms with Gasteiger partial charge in [-0.15, -0.1) is 4.94 Å². The predicted molar refractivity (Wildman–Crippen MR) is 65.3 cm³/mol. The molecule has 1 aliphatic rings. The van der Waals surface area contributed by atoms with Gasteiger partial charge in [-0.25, -0.2) is 11.7 Å². The van der Waals surface area contributed by atoms with Crippen molar-refractivity contribution < 1.29 is 57.9 Å². The normalized spacial score (nSPS) is 33.2. The van der Waals surface area contributed by atoms with Crippen molar-refractivity contribution >= 4 is 23.0 Å². The second-order valence-electron chi connectivity index (χ2n) is 3.40. The third-order valence-corrected chi connectivity index (χ3v) is 2.02. The standard InChI is InChI=1S/CH17IN13O9/c1-10-19-12(4)22-14(6,18-9)24-15(7,20-10)23-13(5,17-8)21-11(3)16-2/h3-9H2,1H3/q+3. The van der Waals surface area contributed by atoms with E-state index in [1.807, 2.05) is 0 Å². The molecule has 3 unspecified atom stereocenters. The summed E-state index contributed by atoms with van der Waals surface area (Å²) in [5.74, 6) is 36.5. The van der Waals surface area contributed by atoms with Gasteiger partial charge < -0.3 is 0 Å². The first-order valence-corrected chi connectivity index (χ1v) is 5.98. The molecule has 23 heteroatoms. The van der Waals surface area contributed by atoms with Crippen LogP contribution in [0.25, 0.3) is 0 Å². The van der Waals surface area contributed by atoms with E-state index in [0.717, 1.165) is 7.05 Å². The number of nitrogens with two attached hydrogens (primary N) is 7. The van der Waals surface area contributed by atoms with E-state index in [2.05, 4.69) is 27.9 Å². The Kier molecular flexibility index (Phi) is 7.74. The summed E-state index contributed by atoms with van der Waals surface area (Å²) in [4.78, 5) is 36.3. The summed E-state index contributed by atoms with van der Waals surface area (Å²) in [5.41, 5.74) is 0. The lowest BCUT2D eigenvalue weighted by molar-refractivity contribution is -1.67. The van der Waals surface area contributed by atoms with Crippen LogP contribution in [0.15, 0.2) is 0 Å². The Morgan fingerprint density at radius 3 is 2.33 bits per heavy atom. The molecule has 24 heavy (non-hydrogen) atoms. The molecule has 0 bridgehead atoms. The minimum Gasteiger partial charge on any atom is -0.214 e. The van der Waals surface area contributed by atoms with Crippen molar-refractivity contribution in [1.82, 2.24) is 15.9 Å². The summed E-state index contributed by atoms with van der Waals surface area (Å²) in [6.07, 6.45) is 0. The van der Waals surface area contributed by atoms with Crippen molar-refractivity contribution in [3.8, 4) is 0 Å². The first kappa shape index (κ1) is 21.9. The Balaban J connectivity index is 3.01. The maximum Gasteiger partial charge on any atom is 0.319 e. The summed E-state index contributed by atoms with van der Waals surface area (Å²) in [6, 6.07) is 0. The monoisotopic (exact) mass is 482 g/mol. The van der Waals surface area contributed by atoms with E-state index in [9.17, 15) is 0 Å². The molecule has 0 aromatic rings. The number of rotatable bonds is 7. The highest BCUT2D eigenvalue weighted by Crippen LogP contribution is 2.20. The van der Waals surface area contributed by atoms with Crippen LogP contribution in [0.3, 0.4) is 0 Å². The molecule has 144 valence electrons. The van der Waals surface area contributed by atoms with Crippen LogP contribution < -0.4 is 41.0 Å². The molecular formula is CH17IN13O9+3. The molecule has 0 aliphatic carbocycles. The molecule has 0 spiro atoms. The molecule has 0 aromatic carbocycles. The van der Waals surface area contributed by atoms with Crippen LogP contribution in [0.5, 0.6) is 0 Å². The van der Waals surface area contributed by atoms with E-state index < -0.39 is 15.2 Å². The van der Waals surface area contributed by atoms with E-state index in [1.165, 1.54) is 23.0 Å². The Morgan fingerprint density at radius 1 is 1.21 bits per heavy atom. The highest BCUT2D eigenvalue weighted by atomic mass is 127. The van der Waals surface area contributed by atoms with Gasteiger partial charge in [0.25, 0.3) is 10.2 Å². The van der Waals surface area contributed by atoms with Gasteiger partial charge in [0.15, 0.2) is 9.88 Å². The topological polar surface area (TPSA) is 275 Å². The van der Waals surface area contributed by atoms with Gasteiger partial charge in [0.2, 0.25) is 0 Å². The predicted octanol–water partition coefficient (Wildman–Crippen LogP) is -5.67. The molecule has 1 heterocycles. The van der Waals surface area contributed by atoms with Crippen molar-refractivity contribution in [2.45, 2.75) is 0 Å². The van der Waals surface area contributed by atoms with Gasteiger partial charge in [0, 0.05) is 27.1 Å². The number of nitrogens with zero attached hydrogens (tertiary/aromatic N) is 6. The fourth-order valence-electron chi connectivity index (χ4n) is 1.01. The van der Waals surface area contributed by atoms with Gasteiger partial charge >= 0.3 is 5.08 Å². The van der Waals surface area contributed by atoms with Crippen LogP contribution in [-0.2, 0) is 42.7 Å². The zero-order valence-corrected chi connectivity index (χ0v) is 13.9. The first-order valence-electron chi connectivity index (χ1n) is 5.10. The summed E-state index contributed by atoms with van der Waals surface area (Å²) in [7, 11) is 1.11. The molecule has 1 aliphatic heterocycles. The Labute approximate surface area is 145 Å². The number of quaternary nitrogens is 3. The second kappa shape index (κ2) is 8.49. The summed E-state index contributed by atoms with van der Waals surface area (Å²) in [6.45, 7) is 0. The highest BCUT2D eigenvalue weighted by Gasteiger charge is 2.63. The smallest absolute Gasteiger partial charge is 0.214 e. The summed E-state index contributed by atoms with van der Waals surface area (Å²) < 4.78 is 4.37. The minimum absolute atomic E-state index is 0.113. The number of hydrogen-bond donors (Lipinski definition) is 7. The van der Waals surface area contributed by atoms with Gasteiger partial charge in [-0.1, -0.05) is 17.5 Å². The van der Waals surface area contributed by atoms with Crippen LogP contribution in [0.4, 0.5) is 0 Å². The van der Waals surface area contributed by atoms with E-state index in [4.69, 9.17) is 55.8 Å². The molecule has 1 rings (SSSR count). The van der Waals surface area contributed by atoms with Crippen LogP contribution in [0.1, 0.15) is 0 Å². The molecule has 0 aromatic heterocycles. The zero-order valence-electron chi connectivity index (χ0n) is 11.8. The van der Waals surface area contributed by atoms with Crippen molar-refractivity contribution in [3.05, 3.63) is 0 Å². The van der Waals surface area contributed by atoms with Gasteiger partial charge in [0.05, 0.1) is 10.7 Å². The van der Waals surface area contributed by atoms with Crippen LogP contribution in [-0.4, -0.2) is 38.2 Å². The molecule has 1 saturated heterocycles. The average molecular weight is 482 g/mol. The lowest BCUT2D eigenvalue weighted by Crippen LogP contribution is -2.76. The Hall–Kier alpha value is -0.150. The van der Waals surface area contributed by atoms with E-state index in [1.54, 1.807) is 0 Å². The van der Waals surface area contributed by atoms with E-state index >= 15 is 0 Å². The molecule has 1 fully saturated rings. The van der Waals surface area contributed by atoms with E-state index in [0.29, 0.717) is 5.23 Å². The maximum atomic E-state index is 5.56. The number of halogens is 1. The first-order chi connectivity index (χ1) is 11.0. The Bertz CT molecular complexity index is 406. The van der Waals surface area contributed by atoms with Crippen LogP contribution >= 0.6 is 23.0 Å². The lowest BCUT2D eigenvalue weighted by Gasteiger charge is -2.31. The van der Waals surface area contributed by atoms with Crippen molar-refractivity contribution in [2.75, 3.05) is 7.05 Å². The SMILES string of the molecule is CN1ON(N)O[N+](N)(ON)O[N+](N)(O[N+](N)(ON)ON(N)OI)O1.